The Hall–Kier alpha value is -6.71. The van der Waals surface area contributed by atoms with E-state index in [2.05, 4.69) is 212 Å². The molecule has 0 spiro atoms. The molecule has 3 nitrogen and oxygen atoms in total. The zero-order valence-corrected chi connectivity index (χ0v) is 33.0. The summed E-state index contributed by atoms with van der Waals surface area (Å²) >= 11 is 0. The van der Waals surface area contributed by atoms with Crippen LogP contribution in [0, 0.1) is 5.92 Å². The van der Waals surface area contributed by atoms with Crippen LogP contribution in [-0.2, 0) is 10.8 Å². The zero-order valence-electron chi connectivity index (χ0n) is 33.0. The Labute approximate surface area is 339 Å². The number of fused-ring (bicyclic) bond motifs is 9. The first kappa shape index (κ1) is 33.4. The maximum atomic E-state index is 5.96. The third kappa shape index (κ3) is 4.36. The second-order valence-electron chi connectivity index (χ2n) is 17.1. The van der Waals surface area contributed by atoms with E-state index in [1.807, 2.05) is 0 Å². The van der Waals surface area contributed by atoms with E-state index in [-0.39, 0.29) is 22.8 Å². The second kappa shape index (κ2) is 12.1. The molecule has 3 heteroatoms. The van der Waals surface area contributed by atoms with Gasteiger partial charge < -0.3 is 4.90 Å². The highest BCUT2D eigenvalue weighted by Crippen LogP contribution is 2.59. The summed E-state index contributed by atoms with van der Waals surface area (Å²) in [4.78, 5) is 8.50. The molecule has 12 rings (SSSR count). The topological polar surface area (TPSA) is 20.5 Å². The van der Waals surface area contributed by atoms with Crippen LogP contribution in [0.25, 0.3) is 49.4 Å². The van der Waals surface area contributed by atoms with Gasteiger partial charge in [-0.25, -0.2) is 4.99 Å². The largest absolute Gasteiger partial charge is 0.358 e. The summed E-state index contributed by atoms with van der Waals surface area (Å²) in [6, 6.07) is 58.9. The van der Waals surface area contributed by atoms with Crippen LogP contribution in [0.3, 0.4) is 0 Å². The average molecular weight is 746 g/mol. The van der Waals surface area contributed by atoms with E-state index in [0.717, 1.165) is 18.0 Å². The van der Waals surface area contributed by atoms with Crippen LogP contribution in [0.1, 0.15) is 59.7 Å². The van der Waals surface area contributed by atoms with Crippen molar-refractivity contribution in [3.8, 4) is 11.1 Å². The van der Waals surface area contributed by atoms with E-state index >= 15 is 0 Å². The number of para-hydroxylation sites is 1. The van der Waals surface area contributed by atoms with E-state index < -0.39 is 0 Å². The second-order valence-corrected chi connectivity index (χ2v) is 17.1. The summed E-state index contributed by atoms with van der Waals surface area (Å²) in [5, 5.41) is 4.96. The fourth-order valence-corrected chi connectivity index (χ4v) is 11.3. The van der Waals surface area contributed by atoms with Gasteiger partial charge in [0.25, 0.3) is 0 Å². The molecule has 3 aliphatic carbocycles. The van der Waals surface area contributed by atoms with Gasteiger partial charge in [0.15, 0.2) is 0 Å². The van der Waals surface area contributed by atoms with Gasteiger partial charge in [-0.15, -0.1) is 0 Å². The highest BCUT2D eigenvalue weighted by molar-refractivity contribution is 6.18. The van der Waals surface area contributed by atoms with Crippen molar-refractivity contribution in [2.45, 2.75) is 37.1 Å². The number of rotatable bonds is 3. The van der Waals surface area contributed by atoms with Gasteiger partial charge in [-0.1, -0.05) is 178 Å². The maximum absolute atomic E-state index is 5.96. The number of likely N-dealkylation sites (N-methyl/N-ethyl adjacent to an activating group) is 1. The van der Waals surface area contributed by atoms with Crippen molar-refractivity contribution in [3.63, 3.8) is 0 Å². The lowest BCUT2D eigenvalue weighted by atomic mass is 9.62. The lowest BCUT2D eigenvalue weighted by Crippen LogP contribution is -2.38. The van der Waals surface area contributed by atoms with Crippen molar-refractivity contribution < 1.29 is 0 Å². The summed E-state index contributed by atoms with van der Waals surface area (Å²) in [7, 11) is 2.30. The van der Waals surface area contributed by atoms with Gasteiger partial charge in [-0.05, 0) is 80.3 Å². The van der Waals surface area contributed by atoms with E-state index in [1.54, 1.807) is 0 Å². The van der Waals surface area contributed by atoms with Crippen LogP contribution >= 0.6 is 0 Å². The highest BCUT2D eigenvalue weighted by atomic mass is 15.3. The molecular formula is C55H43N3. The Kier molecular flexibility index (Phi) is 7.00. The molecular weight excluding hydrogens is 703 g/mol. The summed E-state index contributed by atoms with van der Waals surface area (Å²) in [5.41, 5.74) is 14.6. The van der Waals surface area contributed by atoms with Crippen molar-refractivity contribution in [3.05, 3.63) is 221 Å². The Morgan fingerprint density at radius 1 is 0.586 bits per heavy atom. The fourth-order valence-electron chi connectivity index (χ4n) is 11.3. The molecule has 1 aromatic heterocycles. The van der Waals surface area contributed by atoms with Crippen molar-refractivity contribution in [2.24, 2.45) is 10.9 Å². The van der Waals surface area contributed by atoms with Crippen LogP contribution < -0.4 is 0 Å². The first-order valence-corrected chi connectivity index (χ1v) is 20.7. The molecule has 0 fully saturated rings. The number of allylic oxidation sites excluding steroid dienone is 5. The van der Waals surface area contributed by atoms with Crippen LogP contribution in [0.5, 0.6) is 0 Å². The van der Waals surface area contributed by atoms with Crippen LogP contribution in [0.15, 0.2) is 193 Å². The van der Waals surface area contributed by atoms with Gasteiger partial charge in [0, 0.05) is 28.8 Å². The standard InChI is InChI=1S/C55H43N3/c1-54(2)45-27-15-13-26-43(45)51-52(54)56-53(58-48-29-17-14-25-42(48)44-32-35-18-10-11-19-36(35)34-49(44)58)50(57(51)3)37-30-31-41-40-24-12-16-28-46(40)55(47(41)33-37,38-20-6-4-7-21-38)39-22-8-5-9-23-39/h4-22,24-34,39,50H,23H2,1-3H3/t39-,50?,55?/m1/s1. The van der Waals surface area contributed by atoms with E-state index in [0.29, 0.717) is 0 Å². The van der Waals surface area contributed by atoms with E-state index in [4.69, 9.17) is 4.99 Å². The van der Waals surface area contributed by atoms with Crippen molar-refractivity contribution in [1.82, 2.24) is 9.47 Å². The molecule has 0 N–H and O–H groups in total. The Bertz CT molecular complexity index is 3150. The predicted molar refractivity (Wildman–Crippen MR) is 241 cm³/mol. The maximum Gasteiger partial charge on any atom is 0.141 e. The van der Waals surface area contributed by atoms with Gasteiger partial charge in [0.05, 0.1) is 27.8 Å². The van der Waals surface area contributed by atoms with Gasteiger partial charge in [0.1, 0.15) is 11.9 Å². The minimum atomic E-state index is -0.368. The Morgan fingerprint density at radius 2 is 1.28 bits per heavy atom. The number of aliphatic imine (C=N–C) groups is 1. The number of hydrogen-bond donors (Lipinski definition) is 0. The summed E-state index contributed by atoms with van der Waals surface area (Å²) < 4.78 is 2.49. The lowest BCUT2D eigenvalue weighted by Gasteiger charge is -2.41. The van der Waals surface area contributed by atoms with Crippen molar-refractivity contribution >= 4 is 44.1 Å². The molecule has 0 radical (unpaired) electrons. The number of nitrogens with zero attached hydrogens (tertiary/aromatic N) is 3. The molecule has 4 aliphatic rings. The van der Waals surface area contributed by atoms with Gasteiger partial charge in [0.2, 0.25) is 0 Å². The monoisotopic (exact) mass is 745 g/mol. The van der Waals surface area contributed by atoms with Crippen LogP contribution in [-0.4, -0.2) is 22.4 Å². The molecule has 0 bridgehead atoms. The summed E-state index contributed by atoms with van der Waals surface area (Å²) in [5.74, 6) is 1.28. The van der Waals surface area contributed by atoms with Crippen molar-refractivity contribution in [2.75, 3.05) is 7.05 Å². The normalized spacial score (nSPS) is 21.4. The number of benzene rings is 7. The highest BCUT2D eigenvalue weighted by Gasteiger charge is 2.50. The Balaban J connectivity index is 1.17. The molecule has 0 saturated heterocycles. The van der Waals surface area contributed by atoms with Gasteiger partial charge in [-0.3, -0.25) is 4.57 Å². The molecule has 58 heavy (non-hydrogen) atoms. The van der Waals surface area contributed by atoms with Gasteiger partial charge in [-0.2, -0.15) is 0 Å². The Morgan fingerprint density at radius 3 is 2.09 bits per heavy atom. The fraction of sp³-hybridized carbons (Fsp3) is 0.145. The molecule has 278 valence electrons. The molecule has 2 unspecified atom stereocenters. The summed E-state index contributed by atoms with van der Waals surface area (Å²) in [6.45, 7) is 4.69. The molecule has 0 amide bonds. The summed E-state index contributed by atoms with van der Waals surface area (Å²) in [6.07, 6.45) is 10.2. The first-order chi connectivity index (χ1) is 28.5. The molecule has 3 atom stereocenters. The minimum Gasteiger partial charge on any atom is -0.358 e. The predicted octanol–water partition coefficient (Wildman–Crippen LogP) is 13.0. The average Bonchev–Trinajstić information content (AvgIpc) is 3.84. The third-order valence-corrected chi connectivity index (χ3v) is 13.8. The van der Waals surface area contributed by atoms with E-state index in [1.165, 1.54) is 82.8 Å². The molecule has 0 saturated carbocycles. The lowest BCUT2D eigenvalue weighted by molar-refractivity contribution is 0.416. The molecule has 8 aromatic rings. The SMILES string of the molecule is CN1C2=C(N=C(n3c4ccccc4c4cc5ccccc5cc43)C1c1ccc3c(c1)C(c1ccccc1)([C@@H]1C=CC=CC1)c1ccccc1-3)C(C)(C)c1ccccc12. The number of aromatic nitrogens is 1. The van der Waals surface area contributed by atoms with Crippen molar-refractivity contribution in [1.29, 1.82) is 0 Å². The molecule has 1 aliphatic heterocycles. The van der Waals surface area contributed by atoms with E-state index in [9.17, 15) is 0 Å². The number of hydrogen-bond acceptors (Lipinski definition) is 2. The van der Waals surface area contributed by atoms with Crippen LogP contribution in [0.2, 0.25) is 0 Å². The smallest absolute Gasteiger partial charge is 0.141 e. The molecule has 7 aromatic carbocycles. The first-order valence-electron chi connectivity index (χ1n) is 20.7. The van der Waals surface area contributed by atoms with Gasteiger partial charge >= 0.3 is 0 Å². The minimum absolute atomic E-state index is 0.185. The molecule has 2 heterocycles. The quantitative estimate of drug-likeness (QED) is 0.176. The third-order valence-electron chi connectivity index (χ3n) is 13.8. The zero-order chi connectivity index (χ0) is 38.8. The van der Waals surface area contributed by atoms with Crippen LogP contribution in [0.4, 0.5) is 0 Å².